The van der Waals surface area contributed by atoms with E-state index in [2.05, 4.69) is 38.1 Å². The second-order valence-electron chi connectivity index (χ2n) is 8.63. The van der Waals surface area contributed by atoms with E-state index in [0.29, 0.717) is 37.5 Å². The molecule has 2 aromatic heterocycles. The van der Waals surface area contributed by atoms with Gasteiger partial charge in [0.15, 0.2) is 5.82 Å². The van der Waals surface area contributed by atoms with Crippen LogP contribution in [-0.4, -0.2) is 49.8 Å². The summed E-state index contributed by atoms with van der Waals surface area (Å²) < 4.78 is 7.28. The van der Waals surface area contributed by atoms with Crippen molar-refractivity contribution in [3.05, 3.63) is 70.7 Å². The molecular weight excluding hydrogens is 444 g/mol. The Hall–Kier alpha value is -3.75. The summed E-state index contributed by atoms with van der Waals surface area (Å²) in [7, 11) is 0. The van der Waals surface area contributed by atoms with Crippen LogP contribution >= 0.6 is 0 Å². The van der Waals surface area contributed by atoms with E-state index in [-0.39, 0.29) is 12.0 Å². The molecule has 0 fully saturated rings. The molecular formula is C26H32N6O3. The average molecular weight is 477 g/mol. The summed E-state index contributed by atoms with van der Waals surface area (Å²) >= 11 is 0. The first-order valence-electron chi connectivity index (χ1n) is 12.2. The maximum absolute atomic E-state index is 12.8. The minimum atomic E-state index is -0.334. The highest BCUT2D eigenvalue weighted by Gasteiger charge is 2.23. The Morgan fingerprint density at radius 3 is 2.83 bits per heavy atom. The molecule has 0 aromatic carbocycles. The Morgan fingerprint density at radius 1 is 1.17 bits per heavy atom. The minimum absolute atomic E-state index is 0.289. The Bertz CT molecular complexity index is 1190. The Balaban J connectivity index is 1.41. The summed E-state index contributed by atoms with van der Waals surface area (Å²) in [6, 6.07) is 1.76. The molecule has 4 heterocycles. The van der Waals surface area contributed by atoms with E-state index in [4.69, 9.17) is 4.74 Å². The predicted molar refractivity (Wildman–Crippen MR) is 132 cm³/mol. The molecule has 2 amide bonds. The van der Waals surface area contributed by atoms with E-state index in [1.807, 2.05) is 25.2 Å². The Labute approximate surface area is 205 Å². The van der Waals surface area contributed by atoms with Gasteiger partial charge in [0, 0.05) is 43.5 Å². The van der Waals surface area contributed by atoms with Gasteiger partial charge >= 0.3 is 6.09 Å². The SMILES string of the molecule is CC/C=C(/C=C\C=C(/C)NC(=O)c1cc2c(cn1)CCN(C(=O)OCC)C2)c1nnc2n1CCC2. The summed E-state index contributed by atoms with van der Waals surface area (Å²) in [4.78, 5) is 30.9. The van der Waals surface area contributed by atoms with Gasteiger partial charge in [-0.05, 0) is 56.4 Å². The smallest absolute Gasteiger partial charge is 0.410 e. The lowest BCUT2D eigenvalue weighted by molar-refractivity contribution is 0.0960. The van der Waals surface area contributed by atoms with Gasteiger partial charge in [0.1, 0.15) is 11.5 Å². The van der Waals surface area contributed by atoms with Crippen LogP contribution in [0.2, 0.25) is 0 Å². The lowest BCUT2D eigenvalue weighted by Gasteiger charge is -2.28. The first kappa shape index (κ1) is 24.4. The van der Waals surface area contributed by atoms with Crippen LogP contribution < -0.4 is 5.32 Å². The number of nitrogens with one attached hydrogen (secondary N) is 1. The van der Waals surface area contributed by atoms with E-state index in [1.165, 1.54) is 0 Å². The molecule has 9 heteroatoms. The number of carbonyl (C=O) groups excluding carboxylic acids is 2. The number of hydrogen-bond acceptors (Lipinski definition) is 6. The zero-order chi connectivity index (χ0) is 24.8. The van der Waals surface area contributed by atoms with Crippen molar-refractivity contribution in [2.75, 3.05) is 13.2 Å². The number of amides is 2. The molecule has 0 bridgehead atoms. The highest BCUT2D eigenvalue weighted by Crippen LogP contribution is 2.22. The molecule has 0 saturated heterocycles. The fraction of sp³-hybridized carbons (Fsp3) is 0.423. The topological polar surface area (TPSA) is 102 Å². The van der Waals surface area contributed by atoms with Gasteiger partial charge in [0.2, 0.25) is 0 Å². The molecule has 1 N–H and O–H groups in total. The van der Waals surface area contributed by atoms with E-state index in [0.717, 1.165) is 54.2 Å². The molecule has 0 saturated carbocycles. The van der Waals surface area contributed by atoms with Gasteiger partial charge in [0.25, 0.3) is 5.91 Å². The van der Waals surface area contributed by atoms with Crippen molar-refractivity contribution in [3.8, 4) is 0 Å². The van der Waals surface area contributed by atoms with Crippen LogP contribution in [0, 0.1) is 0 Å². The van der Waals surface area contributed by atoms with E-state index in [9.17, 15) is 9.59 Å². The van der Waals surface area contributed by atoms with Gasteiger partial charge < -0.3 is 19.5 Å². The van der Waals surface area contributed by atoms with Gasteiger partial charge in [-0.15, -0.1) is 10.2 Å². The van der Waals surface area contributed by atoms with Crippen molar-refractivity contribution in [1.82, 2.24) is 30.0 Å². The lowest BCUT2D eigenvalue weighted by atomic mass is 10.0. The molecule has 0 atom stereocenters. The van der Waals surface area contributed by atoms with Gasteiger partial charge in [-0.2, -0.15) is 0 Å². The second-order valence-corrected chi connectivity index (χ2v) is 8.63. The zero-order valence-electron chi connectivity index (χ0n) is 20.6. The number of aryl methyl sites for hydroxylation is 1. The molecule has 0 spiro atoms. The van der Waals surface area contributed by atoms with Crippen LogP contribution in [0.1, 0.15) is 66.9 Å². The number of nitrogens with zero attached hydrogens (tertiary/aromatic N) is 5. The summed E-state index contributed by atoms with van der Waals surface area (Å²) in [5.41, 5.74) is 4.00. The zero-order valence-corrected chi connectivity index (χ0v) is 20.6. The lowest BCUT2D eigenvalue weighted by Crippen LogP contribution is -2.36. The van der Waals surface area contributed by atoms with E-state index >= 15 is 0 Å². The van der Waals surface area contributed by atoms with Gasteiger partial charge in [-0.25, -0.2) is 4.79 Å². The number of fused-ring (bicyclic) bond motifs is 2. The summed E-state index contributed by atoms with van der Waals surface area (Å²) in [6.45, 7) is 7.99. The van der Waals surface area contributed by atoms with Crippen molar-refractivity contribution in [2.24, 2.45) is 0 Å². The molecule has 4 rings (SSSR count). The van der Waals surface area contributed by atoms with Crippen LogP contribution in [0.5, 0.6) is 0 Å². The molecule has 0 aliphatic carbocycles. The van der Waals surface area contributed by atoms with Crippen molar-refractivity contribution >= 4 is 17.6 Å². The first-order valence-corrected chi connectivity index (χ1v) is 12.2. The maximum Gasteiger partial charge on any atom is 0.410 e. The second kappa shape index (κ2) is 11.1. The molecule has 0 radical (unpaired) electrons. The number of allylic oxidation sites excluding steroid dienone is 6. The number of carbonyl (C=O) groups is 2. The summed E-state index contributed by atoms with van der Waals surface area (Å²) in [6.07, 6.45) is 12.9. The van der Waals surface area contributed by atoms with E-state index in [1.54, 1.807) is 24.1 Å². The number of rotatable bonds is 7. The number of pyridine rings is 1. The molecule has 2 aromatic rings. The average Bonchev–Trinajstić information content (AvgIpc) is 3.47. The van der Waals surface area contributed by atoms with Crippen LogP contribution in [0.3, 0.4) is 0 Å². The van der Waals surface area contributed by atoms with Crippen LogP contribution in [0.15, 0.2) is 42.3 Å². The van der Waals surface area contributed by atoms with E-state index < -0.39 is 0 Å². The number of hydrogen-bond donors (Lipinski definition) is 1. The molecule has 2 aliphatic heterocycles. The number of ether oxygens (including phenoxy) is 1. The molecule has 0 unspecified atom stereocenters. The monoisotopic (exact) mass is 476 g/mol. The third kappa shape index (κ3) is 5.67. The number of aromatic nitrogens is 4. The van der Waals surface area contributed by atoms with Crippen molar-refractivity contribution < 1.29 is 14.3 Å². The van der Waals surface area contributed by atoms with Crippen molar-refractivity contribution in [1.29, 1.82) is 0 Å². The fourth-order valence-corrected chi connectivity index (χ4v) is 4.33. The Kier molecular flexibility index (Phi) is 7.74. The van der Waals surface area contributed by atoms with Gasteiger partial charge in [0.05, 0.1) is 6.61 Å². The first-order chi connectivity index (χ1) is 17.0. The van der Waals surface area contributed by atoms with Crippen LogP contribution in [-0.2, 0) is 30.7 Å². The van der Waals surface area contributed by atoms with Crippen molar-refractivity contribution in [3.63, 3.8) is 0 Å². The third-order valence-electron chi connectivity index (χ3n) is 6.08. The Morgan fingerprint density at radius 2 is 2.03 bits per heavy atom. The van der Waals surface area contributed by atoms with Crippen LogP contribution in [0.4, 0.5) is 4.79 Å². The highest BCUT2D eigenvalue weighted by molar-refractivity contribution is 5.93. The molecule has 35 heavy (non-hydrogen) atoms. The quantitative estimate of drug-likeness (QED) is 0.610. The van der Waals surface area contributed by atoms with Crippen molar-refractivity contribution in [2.45, 2.75) is 59.5 Å². The highest BCUT2D eigenvalue weighted by atomic mass is 16.6. The summed E-state index contributed by atoms with van der Waals surface area (Å²) in [5, 5.41) is 11.6. The fourth-order valence-electron chi connectivity index (χ4n) is 4.33. The molecule has 2 aliphatic rings. The maximum atomic E-state index is 12.8. The standard InChI is InChI=1S/C26H32N6O3/c1-4-8-19(24-30-29-23-11-7-13-32(23)24)10-6-9-18(3)28-25(33)22-15-21-17-31(26(34)35-5-2)14-12-20(21)16-27-22/h6,8-10,15-16H,4-5,7,11-14,17H2,1-3H3,(H,28,33)/b10-6-,18-9+,19-8-. The minimum Gasteiger partial charge on any atom is -0.450 e. The van der Waals surface area contributed by atoms with Gasteiger partial charge in [-0.1, -0.05) is 25.2 Å². The largest absolute Gasteiger partial charge is 0.450 e. The summed E-state index contributed by atoms with van der Waals surface area (Å²) in [5.74, 6) is 1.64. The normalized spacial score (nSPS) is 15.8. The van der Waals surface area contributed by atoms with Gasteiger partial charge in [-0.3, -0.25) is 9.78 Å². The molecule has 184 valence electrons. The van der Waals surface area contributed by atoms with Crippen LogP contribution in [0.25, 0.3) is 5.57 Å². The third-order valence-corrected chi connectivity index (χ3v) is 6.08. The molecule has 9 nitrogen and oxygen atoms in total. The predicted octanol–water partition coefficient (Wildman–Crippen LogP) is 3.82.